The Morgan fingerprint density at radius 1 is 1.10 bits per heavy atom. The Hall–Kier alpha value is -3.15. The molecule has 206 valence electrons. The third-order valence-corrected chi connectivity index (χ3v) is 9.46. The molecule has 0 saturated carbocycles. The van der Waals surface area contributed by atoms with Crippen LogP contribution in [0, 0.1) is 24.3 Å². The van der Waals surface area contributed by atoms with Crippen LogP contribution in [0.4, 0.5) is 0 Å². The van der Waals surface area contributed by atoms with Gasteiger partial charge in [-0.25, -0.2) is 9.79 Å². The van der Waals surface area contributed by atoms with Crippen molar-refractivity contribution >= 4 is 57.6 Å². The molecule has 0 radical (unpaired) electrons. The van der Waals surface area contributed by atoms with Gasteiger partial charge in [-0.1, -0.05) is 29.0 Å². The predicted octanol–water partition coefficient (Wildman–Crippen LogP) is 5.39. The molecule has 7 nitrogen and oxygen atoms in total. The molecule has 4 aromatic rings. The molecule has 2 aromatic carbocycles. The largest absolute Gasteiger partial charge is 0.496 e. The molecular weight excluding hydrogens is 661 g/mol. The van der Waals surface area contributed by atoms with Gasteiger partial charge in [0.2, 0.25) is 0 Å². The predicted molar refractivity (Wildman–Crippen MR) is 166 cm³/mol. The van der Waals surface area contributed by atoms with Gasteiger partial charge >= 0.3 is 5.97 Å². The molecule has 40 heavy (non-hydrogen) atoms. The standard InChI is InChI=1S/C30H27ClIN3O4S/c1-15-7-9-21(14-23(15)32)34-16(2)11-19(18(34)4)12-25-28(36)35-27(22-13-20(31)8-10-24(22)38-5)26(29(37)39-6)17(3)33-30(35)40-25/h7-14,27H,1-6H3/b25-12-/t27-/m0/s1. The summed E-state index contributed by atoms with van der Waals surface area (Å²) >= 11 is 9.99. The first kappa shape index (κ1) is 28.4. The molecule has 0 N–H and O–H groups in total. The van der Waals surface area contributed by atoms with Gasteiger partial charge in [0, 0.05) is 31.2 Å². The number of ether oxygens (including phenoxy) is 2. The number of carbonyl (C=O) groups excluding carboxylic acids is 1. The van der Waals surface area contributed by atoms with Gasteiger partial charge < -0.3 is 14.0 Å². The minimum Gasteiger partial charge on any atom is -0.496 e. The highest BCUT2D eigenvalue weighted by atomic mass is 127. The highest BCUT2D eigenvalue weighted by molar-refractivity contribution is 14.1. The average Bonchev–Trinajstić information content (AvgIpc) is 3.38. The Balaban J connectivity index is 1.73. The van der Waals surface area contributed by atoms with Crippen molar-refractivity contribution in [1.82, 2.24) is 9.13 Å². The molecule has 2 aromatic heterocycles. The minimum absolute atomic E-state index is 0.258. The lowest BCUT2D eigenvalue weighted by atomic mass is 9.95. The molecular formula is C30H27ClIN3O4S. The normalized spacial score (nSPS) is 15.2. The summed E-state index contributed by atoms with van der Waals surface area (Å²) in [4.78, 5) is 32.1. The van der Waals surface area contributed by atoms with Gasteiger partial charge in [-0.3, -0.25) is 9.36 Å². The van der Waals surface area contributed by atoms with Gasteiger partial charge in [0.1, 0.15) is 11.8 Å². The summed E-state index contributed by atoms with van der Waals surface area (Å²) in [6.07, 6.45) is 1.89. The van der Waals surface area contributed by atoms with E-state index in [4.69, 9.17) is 21.1 Å². The van der Waals surface area contributed by atoms with Crippen LogP contribution in [-0.4, -0.2) is 29.3 Å². The highest BCUT2D eigenvalue weighted by Crippen LogP contribution is 2.37. The zero-order chi connectivity index (χ0) is 28.9. The summed E-state index contributed by atoms with van der Waals surface area (Å²) in [6, 6.07) is 12.8. The number of carbonyl (C=O) groups is 1. The summed E-state index contributed by atoms with van der Waals surface area (Å²) in [5.41, 5.74) is 6.33. The third-order valence-electron chi connectivity index (χ3n) is 7.08. The van der Waals surface area contributed by atoms with Gasteiger partial charge in [0.25, 0.3) is 5.56 Å². The number of allylic oxidation sites excluding steroid dienone is 1. The van der Waals surface area contributed by atoms with Gasteiger partial charge in [-0.05, 0) is 104 Å². The minimum atomic E-state index is -0.818. The molecule has 3 heterocycles. The first-order chi connectivity index (χ1) is 19.0. The maximum atomic E-state index is 14.0. The van der Waals surface area contributed by atoms with Crippen LogP contribution in [0.15, 0.2) is 63.5 Å². The lowest BCUT2D eigenvalue weighted by Gasteiger charge is -2.25. The molecule has 0 spiro atoms. The topological polar surface area (TPSA) is 74.8 Å². The lowest BCUT2D eigenvalue weighted by molar-refractivity contribution is -0.136. The quantitative estimate of drug-likeness (QED) is 0.208. The van der Waals surface area contributed by atoms with E-state index in [0.29, 0.717) is 31.4 Å². The summed E-state index contributed by atoms with van der Waals surface area (Å²) in [5.74, 6) is -0.0739. The summed E-state index contributed by atoms with van der Waals surface area (Å²) in [6.45, 7) is 7.92. The van der Waals surface area contributed by atoms with Gasteiger partial charge in [-0.2, -0.15) is 0 Å². The fraction of sp³-hybridized carbons (Fsp3) is 0.233. The van der Waals surface area contributed by atoms with Crippen molar-refractivity contribution in [2.75, 3.05) is 14.2 Å². The Labute approximate surface area is 254 Å². The van der Waals surface area contributed by atoms with E-state index in [1.54, 1.807) is 25.1 Å². The van der Waals surface area contributed by atoms with Crippen molar-refractivity contribution in [1.29, 1.82) is 0 Å². The summed E-state index contributed by atoms with van der Waals surface area (Å²) < 4.78 is 16.1. The van der Waals surface area contributed by atoms with E-state index in [1.165, 1.54) is 39.3 Å². The maximum absolute atomic E-state index is 14.0. The number of methoxy groups -OCH3 is 2. The Kier molecular flexibility index (Phi) is 7.82. The van der Waals surface area contributed by atoms with Crippen LogP contribution in [-0.2, 0) is 9.53 Å². The first-order valence-corrected chi connectivity index (χ1v) is 14.7. The molecule has 0 bridgehead atoms. The number of fused-ring (bicyclic) bond motifs is 1. The van der Waals surface area contributed by atoms with Gasteiger partial charge in [0.05, 0.1) is 30.0 Å². The van der Waals surface area contributed by atoms with Crippen LogP contribution in [0.2, 0.25) is 5.02 Å². The smallest absolute Gasteiger partial charge is 0.338 e. The molecule has 0 saturated heterocycles. The molecule has 1 aliphatic heterocycles. The molecule has 0 unspecified atom stereocenters. The second-order valence-corrected chi connectivity index (χ2v) is 12.2. The number of rotatable bonds is 5. The van der Waals surface area contributed by atoms with Crippen LogP contribution >= 0.6 is 45.5 Å². The maximum Gasteiger partial charge on any atom is 0.338 e. The third kappa shape index (κ3) is 4.84. The number of aryl methyl sites for hydroxylation is 2. The number of esters is 1. The number of nitrogens with zero attached hydrogens (tertiary/aromatic N) is 3. The van der Waals surface area contributed by atoms with Crippen molar-refractivity contribution in [2.24, 2.45) is 4.99 Å². The molecule has 1 atom stereocenters. The molecule has 0 amide bonds. The van der Waals surface area contributed by atoms with E-state index in [1.807, 2.05) is 13.0 Å². The number of benzene rings is 2. The fourth-order valence-electron chi connectivity index (χ4n) is 5.10. The van der Waals surface area contributed by atoms with E-state index in [2.05, 4.69) is 70.3 Å². The Morgan fingerprint density at radius 3 is 2.52 bits per heavy atom. The zero-order valence-electron chi connectivity index (χ0n) is 22.8. The summed E-state index contributed by atoms with van der Waals surface area (Å²) in [5, 5.41) is 0.454. The van der Waals surface area contributed by atoms with E-state index in [9.17, 15) is 9.59 Å². The SMILES string of the molecule is COC(=O)C1=C(C)N=c2s/c(=C\c3cc(C)n(-c4ccc(C)c(I)c4)c3C)c(=O)n2[C@H]1c1cc(Cl)ccc1OC. The van der Waals surface area contributed by atoms with Crippen molar-refractivity contribution in [2.45, 2.75) is 33.7 Å². The number of thiazole rings is 1. The monoisotopic (exact) mass is 687 g/mol. The summed E-state index contributed by atoms with van der Waals surface area (Å²) in [7, 11) is 2.85. The fourth-order valence-corrected chi connectivity index (χ4v) is 6.82. The van der Waals surface area contributed by atoms with E-state index in [0.717, 1.165) is 22.6 Å². The van der Waals surface area contributed by atoms with Crippen molar-refractivity contribution in [3.8, 4) is 11.4 Å². The van der Waals surface area contributed by atoms with Crippen LogP contribution in [0.5, 0.6) is 5.75 Å². The van der Waals surface area contributed by atoms with E-state index in [-0.39, 0.29) is 11.1 Å². The highest BCUT2D eigenvalue weighted by Gasteiger charge is 2.35. The first-order valence-electron chi connectivity index (χ1n) is 12.5. The van der Waals surface area contributed by atoms with Crippen LogP contribution < -0.4 is 19.6 Å². The van der Waals surface area contributed by atoms with E-state index >= 15 is 0 Å². The molecule has 0 aliphatic carbocycles. The lowest BCUT2D eigenvalue weighted by Crippen LogP contribution is -2.40. The number of hydrogen-bond acceptors (Lipinski definition) is 6. The molecule has 1 aliphatic rings. The van der Waals surface area contributed by atoms with E-state index < -0.39 is 12.0 Å². The van der Waals surface area contributed by atoms with Crippen molar-refractivity contribution in [3.63, 3.8) is 0 Å². The second-order valence-electron chi connectivity index (χ2n) is 9.56. The van der Waals surface area contributed by atoms with Gasteiger partial charge in [-0.15, -0.1) is 0 Å². The molecule has 10 heteroatoms. The van der Waals surface area contributed by atoms with Crippen LogP contribution in [0.3, 0.4) is 0 Å². The zero-order valence-corrected chi connectivity index (χ0v) is 26.6. The second kappa shape index (κ2) is 11.0. The number of hydrogen-bond donors (Lipinski definition) is 0. The number of aromatic nitrogens is 2. The Bertz CT molecular complexity index is 1900. The molecule has 5 rings (SSSR count). The number of halogens is 2. The van der Waals surface area contributed by atoms with Crippen molar-refractivity contribution < 1.29 is 14.3 Å². The Morgan fingerprint density at radius 2 is 1.85 bits per heavy atom. The van der Waals surface area contributed by atoms with Crippen molar-refractivity contribution in [3.05, 3.63) is 110 Å². The van der Waals surface area contributed by atoms with Gasteiger partial charge in [0.15, 0.2) is 4.80 Å². The average molecular weight is 688 g/mol. The van der Waals surface area contributed by atoms with Crippen LogP contribution in [0.25, 0.3) is 11.8 Å². The van der Waals surface area contributed by atoms with Crippen LogP contribution in [0.1, 0.15) is 41.0 Å². The molecule has 0 fully saturated rings.